The van der Waals surface area contributed by atoms with E-state index in [9.17, 15) is 0 Å². The third-order valence-electron chi connectivity index (χ3n) is 3.82. The first-order valence-electron chi connectivity index (χ1n) is 8.01. The van der Waals surface area contributed by atoms with Crippen molar-refractivity contribution in [1.29, 1.82) is 0 Å². The number of rotatable bonds is 7. The highest BCUT2D eigenvalue weighted by Gasteiger charge is 2.32. The summed E-state index contributed by atoms with van der Waals surface area (Å²) in [7, 11) is 0. The number of nitrogens with zero attached hydrogens (tertiary/aromatic N) is 1. The molecule has 0 bridgehead atoms. The molecule has 1 aliphatic rings. The monoisotopic (exact) mass is 319 g/mol. The average Bonchev–Trinajstić information content (AvgIpc) is 2.77. The minimum atomic E-state index is 0.490. The van der Waals surface area contributed by atoms with E-state index in [4.69, 9.17) is 12.2 Å². The van der Waals surface area contributed by atoms with Crippen LogP contribution in [0, 0.1) is 0 Å². The van der Waals surface area contributed by atoms with Gasteiger partial charge in [0.2, 0.25) is 0 Å². The molecular formula is C18H25NS2. The van der Waals surface area contributed by atoms with E-state index in [-0.39, 0.29) is 0 Å². The first-order valence-corrected chi connectivity index (χ1v) is 9.23. The second-order valence-electron chi connectivity index (χ2n) is 5.53. The summed E-state index contributed by atoms with van der Waals surface area (Å²) in [4.78, 5) is 3.87. The Bertz CT molecular complexity index is 481. The van der Waals surface area contributed by atoms with Crippen LogP contribution in [0.15, 0.2) is 35.2 Å². The van der Waals surface area contributed by atoms with Gasteiger partial charge in [-0.1, -0.05) is 87.4 Å². The van der Waals surface area contributed by atoms with Gasteiger partial charge in [0.1, 0.15) is 4.32 Å². The third kappa shape index (κ3) is 4.58. The lowest BCUT2D eigenvalue weighted by Crippen LogP contribution is -2.33. The van der Waals surface area contributed by atoms with Crippen LogP contribution in [0.4, 0.5) is 0 Å². The highest BCUT2D eigenvalue weighted by Crippen LogP contribution is 2.39. The number of hydrogen-bond acceptors (Lipinski definition) is 2. The normalized spacial score (nSPS) is 20.5. The summed E-state index contributed by atoms with van der Waals surface area (Å²) in [5.41, 5.74) is 1.28. The van der Waals surface area contributed by atoms with Crippen LogP contribution in [0.25, 0.3) is 6.08 Å². The molecule has 0 spiro atoms. The van der Waals surface area contributed by atoms with Crippen LogP contribution in [-0.2, 0) is 0 Å². The molecule has 0 N–H and O–H groups in total. The molecule has 0 aromatic heterocycles. The molecule has 21 heavy (non-hydrogen) atoms. The Balaban J connectivity index is 2.14. The van der Waals surface area contributed by atoms with Crippen LogP contribution >= 0.6 is 24.0 Å². The second-order valence-corrected chi connectivity index (χ2v) is 7.24. The van der Waals surface area contributed by atoms with Crippen LogP contribution in [0.1, 0.15) is 51.5 Å². The molecule has 0 aliphatic carbocycles. The van der Waals surface area contributed by atoms with Crippen molar-refractivity contribution < 1.29 is 0 Å². The Labute approximate surface area is 138 Å². The third-order valence-corrected chi connectivity index (χ3v) is 5.34. The van der Waals surface area contributed by atoms with Gasteiger partial charge in [0.05, 0.1) is 6.04 Å². The minimum absolute atomic E-state index is 0.490. The van der Waals surface area contributed by atoms with Crippen molar-refractivity contribution in [3.63, 3.8) is 0 Å². The molecule has 0 radical (unpaired) electrons. The van der Waals surface area contributed by atoms with Crippen LogP contribution in [0.3, 0.4) is 0 Å². The summed E-state index contributed by atoms with van der Waals surface area (Å²) < 4.78 is 1.06. The van der Waals surface area contributed by atoms with Gasteiger partial charge >= 0.3 is 0 Å². The van der Waals surface area contributed by atoms with E-state index in [1.807, 2.05) is 0 Å². The Morgan fingerprint density at radius 2 is 1.90 bits per heavy atom. The van der Waals surface area contributed by atoms with E-state index in [0.29, 0.717) is 6.04 Å². The molecule has 0 amide bonds. The summed E-state index contributed by atoms with van der Waals surface area (Å²) in [5.74, 6) is 0. The van der Waals surface area contributed by atoms with Gasteiger partial charge in [0.25, 0.3) is 0 Å². The van der Waals surface area contributed by atoms with Crippen LogP contribution in [0.5, 0.6) is 0 Å². The zero-order chi connectivity index (χ0) is 15.1. The largest absolute Gasteiger partial charge is 0.350 e. The van der Waals surface area contributed by atoms with E-state index in [1.54, 1.807) is 11.8 Å². The van der Waals surface area contributed by atoms with Gasteiger partial charge in [-0.25, -0.2) is 0 Å². The summed E-state index contributed by atoms with van der Waals surface area (Å²) in [5, 5.41) is 0. The molecule has 2 rings (SSSR count). The van der Waals surface area contributed by atoms with Gasteiger partial charge in [-0.15, -0.1) is 0 Å². The molecular weight excluding hydrogens is 294 g/mol. The van der Waals surface area contributed by atoms with Crippen molar-refractivity contribution in [3.05, 3.63) is 40.8 Å². The van der Waals surface area contributed by atoms with E-state index in [2.05, 4.69) is 55.2 Å². The Morgan fingerprint density at radius 3 is 2.57 bits per heavy atom. The summed E-state index contributed by atoms with van der Waals surface area (Å²) >= 11 is 7.42. The lowest BCUT2D eigenvalue weighted by atomic mass is 10.1. The zero-order valence-electron chi connectivity index (χ0n) is 13.0. The van der Waals surface area contributed by atoms with Gasteiger partial charge < -0.3 is 4.90 Å². The number of thiocarbonyl (C=S) groups is 1. The fraction of sp³-hybridized carbons (Fsp3) is 0.500. The van der Waals surface area contributed by atoms with Crippen molar-refractivity contribution in [2.24, 2.45) is 0 Å². The van der Waals surface area contributed by atoms with Crippen molar-refractivity contribution in [1.82, 2.24) is 4.90 Å². The highest BCUT2D eigenvalue weighted by atomic mass is 32.2. The maximum Gasteiger partial charge on any atom is 0.141 e. The van der Waals surface area contributed by atoms with Gasteiger partial charge in [-0.05, 0) is 24.5 Å². The Kier molecular flexibility index (Phi) is 6.78. The number of hydrogen-bond donors (Lipinski definition) is 0. The standard InChI is InChI=1S/C18H25NS2/c1-3-5-9-13-19-16(10-4-2)17(21-18(19)20)14-15-11-7-6-8-12-15/h6-8,11-12,14,16H,3-5,9-10,13H2,1-2H3/b17-14-. The van der Waals surface area contributed by atoms with E-state index < -0.39 is 0 Å². The fourth-order valence-electron chi connectivity index (χ4n) is 2.70. The summed E-state index contributed by atoms with van der Waals surface area (Å²) in [6, 6.07) is 11.1. The van der Waals surface area contributed by atoms with Gasteiger partial charge in [-0.2, -0.15) is 0 Å². The highest BCUT2D eigenvalue weighted by molar-refractivity contribution is 8.26. The number of unbranched alkanes of at least 4 members (excludes halogenated alkanes) is 2. The Morgan fingerprint density at radius 1 is 1.14 bits per heavy atom. The molecule has 1 unspecified atom stereocenters. The summed E-state index contributed by atoms with van der Waals surface area (Å²) in [6.07, 6.45) is 8.51. The topological polar surface area (TPSA) is 3.24 Å². The van der Waals surface area contributed by atoms with E-state index in [1.165, 1.54) is 42.6 Å². The van der Waals surface area contributed by atoms with E-state index >= 15 is 0 Å². The molecule has 1 aromatic carbocycles. The Hall–Kier alpha value is -0.800. The molecule has 1 atom stereocenters. The maximum absolute atomic E-state index is 5.62. The number of thioether (sulfide) groups is 1. The molecule has 1 aromatic rings. The summed E-state index contributed by atoms with van der Waals surface area (Å²) in [6.45, 7) is 5.62. The predicted molar refractivity (Wildman–Crippen MR) is 99.5 cm³/mol. The van der Waals surface area contributed by atoms with Crippen molar-refractivity contribution in [3.8, 4) is 0 Å². The average molecular weight is 320 g/mol. The molecule has 1 saturated heterocycles. The predicted octanol–water partition coefficient (Wildman–Crippen LogP) is 5.72. The van der Waals surface area contributed by atoms with Gasteiger partial charge in [-0.3, -0.25) is 0 Å². The second kappa shape index (κ2) is 8.60. The lowest BCUT2D eigenvalue weighted by molar-refractivity contribution is 0.346. The molecule has 1 heterocycles. The number of benzene rings is 1. The van der Waals surface area contributed by atoms with Crippen LogP contribution in [-0.4, -0.2) is 21.8 Å². The minimum Gasteiger partial charge on any atom is -0.350 e. The molecule has 1 nitrogen and oxygen atoms in total. The fourth-order valence-corrected chi connectivity index (χ4v) is 4.32. The molecule has 1 fully saturated rings. The lowest BCUT2D eigenvalue weighted by Gasteiger charge is -2.25. The van der Waals surface area contributed by atoms with Gasteiger partial charge in [0.15, 0.2) is 0 Å². The molecule has 0 saturated carbocycles. The van der Waals surface area contributed by atoms with Crippen molar-refractivity contribution in [2.75, 3.05) is 6.54 Å². The maximum atomic E-state index is 5.62. The zero-order valence-corrected chi connectivity index (χ0v) is 14.7. The SMILES string of the molecule is CCCCCN1C(=S)S/C(=C\c2ccccc2)C1CCC. The van der Waals surface area contributed by atoms with Crippen LogP contribution in [0.2, 0.25) is 0 Å². The molecule has 1 aliphatic heterocycles. The van der Waals surface area contributed by atoms with Crippen LogP contribution < -0.4 is 0 Å². The van der Waals surface area contributed by atoms with Crippen molar-refractivity contribution >= 4 is 34.4 Å². The van der Waals surface area contributed by atoms with E-state index in [0.717, 1.165) is 10.9 Å². The molecule has 114 valence electrons. The smallest absolute Gasteiger partial charge is 0.141 e. The first kappa shape index (κ1) is 16.6. The molecule has 3 heteroatoms. The first-order chi connectivity index (χ1) is 10.3. The quantitative estimate of drug-likeness (QED) is 0.467. The van der Waals surface area contributed by atoms with Crippen molar-refractivity contribution in [2.45, 2.75) is 52.0 Å². The van der Waals surface area contributed by atoms with Gasteiger partial charge in [0, 0.05) is 11.4 Å².